The van der Waals surface area contributed by atoms with E-state index in [1.54, 1.807) is 6.92 Å². The fourth-order valence-electron chi connectivity index (χ4n) is 1.000. The van der Waals surface area contributed by atoms with Crippen LogP contribution >= 0.6 is 16.1 Å². The third-order valence-corrected chi connectivity index (χ3v) is 2.58. The Morgan fingerprint density at radius 2 is 2.29 bits per heavy atom. The SMILES string of the molecule is CCC(=O)N(Br)c1ccc(OCC(F)F)cn1. The number of amides is 1. The van der Waals surface area contributed by atoms with Crippen LogP contribution in [0, 0.1) is 0 Å². The number of hydrogen-bond donors (Lipinski definition) is 0. The van der Waals surface area contributed by atoms with E-state index in [0.717, 1.165) is 0 Å². The second kappa shape index (κ2) is 6.48. The summed E-state index contributed by atoms with van der Waals surface area (Å²) in [6, 6.07) is 2.98. The molecule has 0 aliphatic rings. The van der Waals surface area contributed by atoms with Gasteiger partial charge in [0.15, 0.2) is 0 Å². The monoisotopic (exact) mass is 308 g/mol. The number of alkyl halides is 2. The van der Waals surface area contributed by atoms with Crippen LogP contribution in [0.15, 0.2) is 18.3 Å². The first kappa shape index (κ1) is 13.8. The van der Waals surface area contributed by atoms with Crippen LogP contribution in [0.1, 0.15) is 13.3 Å². The van der Waals surface area contributed by atoms with E-state index in [-0.39, 0.29) is 11.7 Å². The summed E-state index contributed by atoms with van der Waals surface area (Å²) in [7, 11) is 0. The number of pyridine rings is 1. The summed E-state index contributed by atoms with van der Waals surface area (Å²) in [6.45, 7) is 1.05. The quantitative estimate of drug-likeness (QED) is 0.786. The lowest BCUT2D eigenvalue weighted by molar-refractivity contribution is -0.116. The van der Waals surface area contributed by atoms with Crippen molar-refractivity contribution < 1.29 is 18.3 Å². The van der Waals surface area contributed by atoms with Gasteiger partial charge in [-0.15, -0.1) is 0 Å². The molecule has 0 aliphatic carbocycles. The standard InChI is InChI=1S/C10H11BrF2N2O2/c1-2-10(16)15(11)9-4-3-7(5-14-9)17-6-8(12)13/h3-5,8H,2,6H2,1H3. The molecule has 1 aromatic heterocycles. The predicted octanol–water partition coefficient (Wildman–Crippen LogP) is 2.78. The maximum absolute atomic E-state index is 11.9. The lowest BCUT2D eigenvalue weighted by atomic mass is 10.4. The third kappa shape index (κ3) is 4.26. The first-order chi connectivity index (χ1) is 8.04. The van der Waals surface area contributed by atoms with Gasteiger partial charge in [-0.1, -0.05) is 6.92 Å². The Kier molecular flexibility index (Phi) is 5.27. The molecule has 94 valence electrons. The highest BCUT2D eigenvalue weighted by atomic mass is 79.9. The molecule has 4 nitrogen and oxygen atoms in total. The minimum absolute atomic E-state index is 0.154. The van der Waals surface area contributed by atoms with Gasteiger partial charge in [-0.05, 0) is 12.1 Å². The summed E-state index contributed by atoms with van der Waals surface area (Å²) in [5, 5.41) is 0. The van der Waals surface area contributed by atoms with Gasteiger partial charge in [0, 0.05) is 6.42 Å². The Morgan fingerprint density at radius 1 is 1.59 bits per heavy atom. The van der Waals surface area contributed by atoms with Crippen LogP contribution in [0.3, 0.4) is 0 Å². The smallest absolute Gasteiger partial charge is 0.272 e. The number of nitrogens with zero attached hydrogens (tertiary/aromatic N) is 2. The van der Waals surface area contributed by atoms with Gasteiger partial charge >= 0.3 is 0 Å². The summed E-state index contributed by atoms with van der Waals surface area (Å²) >= 11 is 3.06. The van der Waals surface area contributed by atoms with Gasteiger partial charge in [-0.3, -0.25) is 4.79 Å². The van der Waals surface area contributed by atoms with E-state index >= 15 is 0 Å². The number of ether oxygens (including phenoxy) is 1. The van der Waals surface area contributed by atoms with Crippen molar-refractivity contribution in [1.29, 1.82) is 0 Å². The Hall–Kier alpha value is -1.24. The molecule has 1 aromatic rings. The van der Waals surface area contributed by atoms with Crippen molar-refractivity contribution >= 4 is 27.9 Å². The van der Waals surface area contributed by atoms with Crippen molar-refractivity contribution in [3.63, 3.8) is 0 Å². The molecule has 0 aromatic carbocycles. The van der Waals surface area contributed by atoms with Crippen LogP contribution in [0.4, 0.5) is 14.6 Å². The summed E-state index contributed by atoms with van der Waals surface area (Å²) < 4.78 is 29.7. The Labute approximate surface area is 106 Å². The fourth-order valence-corrected chi connectivity index (χ4v) is 1.46. The van der Waals surface area contributed by atoms with Gasteiger partial charge in [-0.25, -0.2) is 17.7 Å². The minimum Gasteiger partial charge on any atom is -0.486 e. The van der Waals surface area contributed by atoms with Crippen LogP contribution in [0.5, 0.6) is 5.75 Å². The lowest BCUT2D eigenvalue weighted by Crippen LogP contribution is -2.19. The van der Waals surface area contributed by atoms with Crippen LogP contribution in [0.25, 0.3) is 0 Å². The number of aromatic nitrogens is 1. The molecule has 1 rings (SSSR count). The van der Waals surface area contributed by atoms with E-state index in [1.807, 2.05) is 0 Å². The van der Waals surface area contributed by atoms with Crippen molar-refractivity contribution in [3.05, 3.63) is 18.3 Å². The molecule has 7 heteroatoms. The molecule has 0 unspecified atom stereocenters. The summed E-state index contributed by atoms with van der Waals surface area (Å²) in [4.78, 5) is 15.2. The third-order valence-electron chi connectivity index (χ3n) is 1.82. The zero-order chi connectivity index (χ0) is 12.8. The molecule has 0 N–H and O–H groups in total. The maximum atomic E-state index is 11.9. The Morgan fingerprint density at radius 3 is 2.76 bits per heavy atom. The molecule has 0 spiro atoms. The van der Waals surface area contributed by atoms with Gasteiger partial charge in [0.2, 0.25) is 5.91 Å². The van der Waals surface area contributed by atoms with E-state index in [0.29, 0.717) is 12.2 Å². The van der Waals surface area contributed by atoms with Crippen LogP contribution in [-0.4, -0.2) is 23.9 Å². The molecule has 0 fully saturated rings. The van der Waals surface area contributed by atoms with E-state index in [1.165, 1.54) is 22.3 Å². The highest BCUT2D eigenvalue weighted by molar-refractivity contribution is 9.10. The van der Waals surface area contributed by atoms with Crippen LogP contribution < -0.4 is 8.66 Å². The lowest BCUT2D eigenvalue weighted by Gasteiger charge is -2.12. The second-order valence-corrected chi connectivity index (χ2v) is 3.79. The van der Waals surface area contributed by atoms with Crippen molar-refractivity contribution in [1.82, 2.24) is 4.98 Å². The van der Waals surface area contributed by atoms with Gasteiger partial charge in [0.05, 0.1) is 22.3 Å². The number of hydrogen-bond acceptors (Lipinski definition) is 3. The summed E-state index contributed by atoms with van der Waals surface area (Å²) in [6.07, 6.45) is -0.908. The van der Waals surface area contributed by atoms with Gasteiger partial charge in [-0.2, -0.15) is 0 Å². The normalized spacial score (nSPS) is 10.4. The summed E-state index contributed by atoms with van der Waals surface area (Å²) in [5.41, 5.74) is 0. The van der Waals surface area contributed by atoms with Gasteiger partial charge < -0.3 is 4.74 Å². The highest BCUT2D eigenvalue weighted by Crippen LogP contribution is 2.19. The molecule has 17 heavy (non-hydrogen) atoms. The van der Waals surface area contributed by atoms with Crippen LogP contribution in [0.2, 0.25) is 0 Å². The first-order valence-corrected chi connectivity index (χ1v) is 5.61. The predicted molar refractivity (Wildman–Crippen MR) is 62.4 cm³/mol. The van der Waals surface area contributed by atoms with E-state index in [9.17, 15) is 13.6 Å². The average Bonchev–Trinajstić information content (AvgIpc) is 2.35. The molecule has 0 atom stereocenters. The largest absolute Gasteiger partial charge is 0.486 e. The molecule has 0 saturated carbocycles. The van der Waals surface area contributed by atoms with Crippen molar-refractivity contribution in [3.8, 4) is 5.75 Å². The van der Waals surface area contributed by atoms with E-state index < -0.39 is 13.0 Å². The molecule has 0 saturated heterocycles. The number of rotatable bonds is 5. The zero-order valence-corrected chi connectivity index (χ0v) is 10.7. The van der Waals surface area contributed by atoms with Gasteiger partial charge in [0.25, 0.3) is 6.43 Å². The van der Waals surface area contributed by atoms with E-state index in [2.05, 4.69) is 21.1 Å². The highest BCUT2D eigenvalue weighted by Gasteiger charge is 2.12. The minimum atomic E-state index is -2.52. The van der Waals surface area contributed by atoms with Crippen molar-refractivity contribution in [2.45, 2.75) is 19.8 Å². The molecular weight excluding hydrogens is 298 g/mol. The number of halogens is 3. The molecule has 0 bridgehead atoms. The molecule has 1 heterocycles. The molecule has 0 radical (unpaired) electrons. The topological polar surface area (TPSA) is 42.4 Å². The Balaban J connectivity index is 2.64. The van der Waals surface area contributed by atoms with Crippen molar-refractivity contribution in [2.24, 2.45) is 0 Å². The molecule has 0 aliphatic heterocycles. The average molecular weight is 309 g/mol. The van der Waals surface area contributed by atoms with Gasteiger partial charge in [0.1, 0.15) is 18.2 Å². The fraction of sp³-hybridized carbons (Fsp3) is 0.400. The molecular formula is C10H11BrF2N2O2. The zero-order valence-electron chi connectivity index (χ0n) is 9.07. The Bertz CT molecular complexity index is 373. The number of carbonyl (C=O) groups excluding carboxylic acids is 1. The van der Waals surface area contributed by atoms with Crippen molar-refractivity contribution in [2.75, 3.05) is 10.5 Å². The van der Waals surface area contributed by atoms with E-state index in [4.69, 9.17) is 4.74 Å². The first-order valence-electron chi connectivity index (χ1n) is 4.90. The number of anilines is 1. The second-order valence-electron chi connectivity index (χ2n) is 3.08. The summed E-state index contributed by atoms with van der Waals surface area (Å²) in [5.74, 6) is 0.457. The number of carbonyl (C=O) groups is 1. The van der Waals surface area contributed by atoms with Crippen LogP contribution in [-0.2, 0) is 4.79 Å². The maximum Gasteiger partial charge on any atom is 0.272 e. The molecule has 1 amide bonds.